The van der Waals surface area contributed by atoms with Crippen LogP contribution in [-0.2, 0) is 14.1 Å². The van der Waals surface area contributed by atoms with E-state index in [4.69, 9.17) is 9.31 Å². The van der Waals surface area contributed by atoms with Crippen molar-refractivity contribution in [3.8, 4) is 0 Å². The van der Waals surface area contributed by atoms with Crippen LogP contribution in [0.4, 0.5) is 0 Å². The van der Waals surface area contributed by atoms with Crippen molar-refractivity contribution in [2.24, 2.45) is 11.3 Å². The van der Waals surface area contributed by atoms with Crippen molar-refractivity contribution >= 4 is 13.0 Å². The lowest BCUT2D eigenvalue weighted by molar-refractivity contribution is -0.123. The second-order valence-corrected chi connectivity index (χ2v) is 9.85. The molecule has 0 bridgehead atoms. The Hall–Kier alpha value is -0.585. The van der Waals surface area contributed by atoms with Gasteiger partial charge in [0, 0.05) is 20.0 Å². The number of nitrogens with one attached hydrogen (secondary N) is 2. The highest BCUT2D eigenvalue weighted by atomic mass is 16.7. The largest absolute Gasteiger partial charge is 0.457 e. The zero-order chi connectivity index (χ0) is 19.1. The van der Waals surface area contributed by atoms with Crippen LogP contribution in [0.2, 0.25) is 6.32 Å². The predicted octanol–water partition coefficient (Wildman–Crippen LogP) is 3.00. The van der Waals surface area contributed by atoms with Gasteiger partial charge in [0.25, 0.3) is 0 Å². The fraction of sp³-hybridized carbons (Fsp3) is 0.947. The summed E-state index contributed by atoms with van der Waals surface area (Å²) >= 11 is 0. The lowest BCUT2D eigenvalue weighted by Gasteiger charge is -2.46. The fourth-order valence-electron chi connectivity index (χ4n) is 4.25. The lowest BCUT2D eigenvalue weighted by Crippen LogP contribution is -2.61. The minimum absolute atomic E-state index is 0.00280. The summed E-state index contributed by atoms with van der Waals surface area (Å²) in [4.78, 5) is 11.8. The Labute approximate surface area is 154 Å². The summed E-state index contributed by atoms with van der Waals surface area (Å²) in [6.07, 6.45) is 2.97. The minimum Gasteiger partial charge on any atom is -0.403 e. The summed E-state index contributed by atoms with van der Waals surface area (Å²) in [6, 6.07) is 0. The zero-order valence-electron chi connectivity index (χ0n) is 17.4. The van der Waals surface area contributed by atoms with Gasteiger partial charge in [0.05, 0.1) is 16.7 Å². The molecule has 0 aromatic carbocycles. The molecule has 2 N–H and O–H groups in total. The number of carbonyl (C=O) groups is 1. The van der Waals surface area contributed by atoms with Crippen LogP contribution in [0, 0.1) is 11.3 Å². The topological polar surface area (TPSA) is 59.6 Å². The molecule has 0 saturated carbocycles. The van der Waals surface area contributed by atoms with Crippen LogP contribution in [0.5, 0.6) is 0 Å². The maximum atomic E-state index is 11.8. The Bertz CT molecular complexity index is 485. The molecular weight excluding hydrogens is 315 g/mol. The van der Waals surface area contributed by atoms with E-state index < -0.39 is 0 Å². The Kier molecular flexibility index (Phi) is 5.69. The molecule has 1 unspecified atom stereocenters. The Morgan fingerprint density at radius 3 is 2.24 bits per heavy atom. The van der Waals surface area contributed by atoms with Crippen molar-refractivity contribution in [1.29, 1.82) is 0 Å². The van der Waals surface area contributed by atoms with Gasteiger partial charge in [-0.1, -0.05) is 27.2 Å². The van der Waals surface area contributed by atoms with E-state index >= 15 is 0 Å². The van der Waals surface area contributed by atoms with Crippen LogP contribution in [-0.4, -0.2) is 42.9 Å². The average molecular weight is 352 g/mol. The molecule has 2 saturated heterocycles. The molecule has 2 aliphatic heterocycles. The number of carbonyl (C=O) groups excluding carboxylic acids is 1. The fourth-order valence-corrected chi connectivity index (χ4v) is 4.25. The molecule has 0 radical (unpaired) electrons. The Morgan fingerprint density at radius 1 is 1.20 bits per heavy atom. The Balaban J connectivity index is 1.97. The van der Waals surface area contributed by atoms with Crippen molar-refractivity contribution in [3.05, 3.63) is 0 Å². The van der Waals surface area contributed by atoms with Crippen molar-refractivity contribution < 1.29 is 14.1 Å². The summed E-state index contributed by atoms with van der Waals surface area (Å²) in [5.74, 6) is 0.466. The normalized spacial score (nSPS) is 31.4. The van der Waals surface area contributed by atoms with E-state index in [0.29, 0.717) is 5.92 Å². The van der Waals surface area contributed by atoms with Crippen LogP contribution in [0.25, 0.3) is 0 Å². The minimum atomic E-state index is -0.266. The van der Waals surface area contributed by atoms with E-state index in [2.05, 4.69) is 59.1 Å². The van der Waals surface area contributed by atoms with Crippen LogP contribution in [0.1, 0.15) is 68.2 Å². The molecule has 0 spiro atoms. The first-order valence-corrected chi connectivity index (χ1v) is 9.66. The first-order chi connectivity index (χ1) is 11.3. The highest BCUT2D eigenvalue weighted by Gasteiger charge is 2.52. The molecular formula is C19H37BN2O3. The maximum Gasteiger partial charge on any atom is 0.457 e. The van der Waals surface area contributed by atoms with Crippen LogP contribution in [0.15, 0.2) is 0 Å². The third-order valence-corrected chi connectivity index (χ3v) is 6.52. The summed E-state index contributed by atoms with van der Waals surface area (Å²) in [6.45, 7) is 18.4. The lowest BCUT2D eigenvalue weighted by atomic mass is 9.65. The highest BCUT2D eigenvalue weighted by molar-refractivity contribution is 6.45. The van der Waals surface area contributed by atoms with Gasteiger partial charge < -0.3 is 19.9 Å². The van der Waals surface area contributed by atoms with Gasteiger partial charge in [0.2, 0.25) is 5.91 Å². The summed E-state index contributed by atoms with van der Waals surface area (Å²) in [5, 5.41) is 6.79. The summed E-state index contributed by atoms with van der Waals surface area (Å²) in [7, 11) is -0.135. The molecule has 2 heterocycles. The van der Waals surface area contributed by atoms with E-state index in [1.165, 1.54) is 0 Å². The van der Waals surface area contributed by atoms with Gasteiger partial charge in [-0.05, 0) is 51.8 Å². The molecule has 5 nitrogen and oxygen atoms in total. The van der Waals surface area contributed by atoms with Crippen molar-refractivity contribution in [1.82, 2.24) is 10.6 Å². The van der Waals surface area contributed by atoms with E-state index in [-0.39, 0.29) is 35.2 Å². The van der Waals surface area contributed by atoms with Crippen molar-refractivity contribution in [2.45, 2.75) is 91.3 Å². The van der Waals surface area contributed by atoms with Gasteiger partial charge in [-0.2, -0.15) is 0 Å². The Morgan fingerprint density at radius 2 is 1.76 bits per heavy atom. The number of amides is 1. The van der Waals surface area contributed by atoms with Crippen LogP contribution in [0.3, 0.4) is 0 Å². The molecule has 0 aliphatic carbocycles. The summed E-state index contributed by atoms with van der Waals surface area (Å²) in [5.41, 5.74) is -0.734. The van der Waals surface area contributed by atoms with Gasteiger partial charge in [0.1, 0.15) is 0 Å². The van der Waals surface area contributed by atoms with Gasteiger partial charge in [0.15, 0.2) is 0 Å². The summed E-state index contributed by atoms with van der Waals surface area (Å²) < 4.78 is 12.2. The second-order valence-electron chi connectivity index (χ2n) is 9.85. The molecule has 6 heteroatoms. The van der Waals surface area contributed by atoms with Gasteiger partial charge >= 0.3 is 7.12 Å². The molecule has 2 atom stereocenters. The SMILES string of the molecule is CC(=O)N[C@@]1(C(C)(C)C)CNCC1CCCB1OC(C)(C)C(C)(C)O1. The highest BCUT2D eigenvalue weighted by Crippen LogP contribution is 2.42. The molecule has 2 fully saturated rings. The predicted molar refractivity (Wildman–Crippen MR) is 102 cm³/mol. The van der Waals surface area contributed by atoms with E-state index in [0.717, 1.165) is 32.3 Å². The van der Waals surface area contributed by atoms with E-state index in [1.807, 2.05) is 0 Å². The number of hydrogen-bond donors (Lipinski definition) is 2. The number of rotatable bonds is 5. The van der Waals surface area contributed by atoms with Crippen LogP contribution < -0.4 is 10.6 Å². The van der Waals surface area contributed by atoms with Crippen LogP contribution >= 0.6 is 0 Å². The van der Waals surface area contributed by atoms with E-state index in [1.54, 1.807) is 6.92 Å². The molecule has 2 aliphatic rings. The second kappa shape index (κ2) is 6.86. The third kappa shape index (κ3) is 4.06. The van der Waals surface area contributed by atoms with Gasteiger partial charge in [-0.25, -0.2) is 0 Å². The van der Waals surface area contributed by atoms with Gasteiger partial charge in [-0.15, -0.1) is 0 Å². The molecule has 2 rings (SSSR count). The van der Waals surface area contributed by atoms with Crippen molar-refractivity contribution in [2.75, 3.05) is 13.1 Å². The quantitative estimate of drug-likeness (QED) is 0.747. The molecule has 144 valence electrons. The monoisotopic (exact) mass is 352 g/mol. The van der Waals surface area contributed by atoms with E-state index in [9.17, 15) is 4.79 Å². The standard InChI is InChI=1S/C19H37BN2O3/c1-14(23)22-19(16(2,3)4)13-21-12-15(19)10-9-11-20-24-17(5,6)18(7,8)25-20/h15,21H,9-13H2,1-8H3,(H,22,23)/t15?,19-/m0/s1. The van der Waals surface area contributed by atoms with Gasteiger partial charge in [-0.3, -0.25) is 4.79 Å². The first-order valence-electron chi connectivity index (χ1n) is 9.66. The average Bonchev–Trinajstić information content (AvgIpc) is 2.88. The van der Waals surface area contributed by atoms with Crippen molar-refractivity contribution in [3.63, 3.8) is 0 Å². The smallest absolute Gasteiger partial charge is 0.403 e. The third-order valence-electron chi connectivity index (χ3n) is 6.52. The molecule has 25 heavy (non-hydrogen) atoms. The molecule has 1 amide bonds. The number of hydrogen-bond acceptors (Lipinski definition) is 4. The first kappa shape index (κ1) is 20.7. The molecule has 0 aromatic heterocycles. The zero-order valence-corrected chi connectivity index (χ0v) is 17.4. The molecule has 0 aromatic rings. The maximum absolute atomic E-state index is 11.8.